The molecule has 2 aromatic heterocycles. The fraction of sp³-hybridized carbons (Fsp3) is 0.467. The molecule has 0 bridgehead atoms. The monoisotopic (exact) mass is 285 g/mol. The molecule has 0 radical (unpaired) electrons. The van der Waals surface area contributed by atoms with Crippen LogP contribution in [0.2, 0.25) is 0 Å². The number of carbonyl (C=O) groups excluding carboxylic acids is 1. The molecule has 21 heavy (non-hydrogen) atoms. The molecule has 0 aromatic carbocycles. The van der Waals surface area contributed by atoms with Crippen LogP contribution < -0.4 is 4.90 Å². The van der Waals surface area contributed by atoms with Crippen LogP contribution in [0.25, 0.3) is 11.2 Å². The molecule has 1 unspecified atom stereocenters. The maximum absolute atomic E-state index is 12.1. The highest BCUT2D eigenvalue weighted by atomic mass is 16.2. The van der Waals surface area contributed by atoms with E-state index in [1.165, 1.54) is 0 Å². The van der Waals surface area contributed by atoms with Crippen molar-refractivity contribution in [3.8, 4) is 0 Å². The van der Waals surface area contributed by atoms with Crippen molar-refractivity contribution in [2.24, 2.45) is 5.92 Å². The number of hydrogen-bond donors (Lipinski definition) is 0. The molecule has 0 aliphatic carbocycles. The molecular weight excluding hydrogens is 266 g/mol. The van der Waals surface area contributed by atoms with Crippen molar-refractivity contribution in [1.29, 1.82) is 0 Å². The Morgan fingerprint density at radius 3 is 2.90 bits per heavy atom. The van der Waals surface area contributed by atoms with Gasteiger partial charge in [-0.2, -0.15) is 0 Å². The third-order valence-corrected chi connectivity index (χ3v) is 3.89. The van der Waals surface area contributed by atoms with Gasteiger partial charge in [0.25, 0.3) is 0 Å². The molecule has 0 N–H and O–H groups in total. The average Bonchev–Trinajstić information content (AvgIpc) is 2.53. The van der Waals surface area contributed by atoms with Crippen molar-refractivity contribution in [3.05, 3.63) is 24.7 Å². The van der Waals surface area contributed by atoms with Crippen molar-refractivity contribution >= 4 is 22.8 Å². The first-order chi connectivity index (χ1) is 10.1. The topological polar surface area (TPSA) is 62.2 Å². The summed E-state index contributed by atoms with van der Waals surface area (Å²) in [5.74, 6) is 0.263. The van der Waals surface area contributed by atoms with Gasteiger partial charge in [0.1, 0.15) is 5.52 Å². The lowest BCUT2D eigenvalue weighted by Gasteiger charge is -2.34. The standard InChI is InChI=1S/C15H19N5O/c1-19(2)15(21)11-4-3-7-20(10-11)12-8-13-14(18-9-12)17-6-5-16-13/h5-6,8-9,11H,3-4,7,10H2,1-2H3. The van der Waals surface area contributed by atoms with Gasteiger partial charge in [-0.15, -0.1) is 0 Å². The van der Waals surface area contributed by atoms with Gasteiger partial charge in [-0.05, 0) is 18.9 Å². The second-order valence-electron chi connectivity index (χ2n) is 5.61. The molecule has 2 aromatic rings. The van der Waals surface area contributed by atoms with E-state index in [0.29, 0.717) is 5.65 Å². The summed E-state index contributed by atoms with van der Waals surface area (Å²) in [5.41, 5.74) is 2.45. The molecule has 0 saturated carbocycles. The highest BCUT2D eigenvalue weighted by Crippen LogP contribution is 2.25. The molecular formula is C15H19N5O. The molecule has 3 rings (SSSR count). The van der Waals surface area contributed by atoms with Gasteiger partial charge in [0.2, 0.25) is 5.91 Å². The van der Waals surface area contributed by atoms with Crippen LogP contribution in [0.15, 0.2) is 24.7 Å². The largest absolute Gasteiger partial charge is 0.369 e. The summed E-state index contributed by atoms with van der Waals surface area (Å²) in [6, 6.07) is 2.00. The van der Waals surface area contributed by atoms with Gasteiger partial charge in [0, 0.05) is 39.6 Å². The van der Waals surface area contributed by atoms with Gasteiger partial charge in [0.05, 0.1) is 17.8 Å². The van der Waals surface area contributed by atoms with Crippen LogP contribution >= 0.6 is 0 Å². The summed E-state index contributed by atoms with van der Waals surface area (Å²) in [5, 5.41) is 0. The highest BCUT2D eigenvalue weighted by Gasteiger charge is 2.27. The number of carbonyl (C=O) groups is 1. The maximum atomic E-state index is 12.1. The summed E-state index contributed by atoms with van der Waals surface area (Å²) in [6.45, 7) is 1.69. The summed E-state index contributed by atoms with van der Waals surface area (Å²) in [4.78, 5) is 28.9. The quantitative estimate of drug-likeness (QED) is 0.833. The van der Waals surface area contributed by atoms with Gasteiger partial charge in [0.15, 0.2) is 5.65 Å². The van der Waals surface area contributed by atoms with Crippen molar-refractivity contribution in [3.63, 3.8) is 0 Å². The van der Waals surface area contributed by atoms with E-state index in [0.717, 1.165) is 37.1 Å². The first-order valence-electron chi connectivity index (χ1n) is 7.18. The number of amides is 1. The summed E-state index contributed by atoms with van der Waals surface area (Å²) < 4.78 is 0. The normalized spacial score (nSPS) is 18.8. The third-order valence-electron chi connectivity index (χ3n) is 3.89. The first kappa shape index (κ1) is 13.7. The Morgan fingerprint density at radius 2 is 2.10 bits per heavy atom. The van der Waals surface area contributed by atoms with E-state index >= 15 is 0 Å². The predicted molar refractivity (Wildman–Crippen MR) is 81.0 cm³/mol. The Morgan fingerprint density at radius 1 is 1.29 bits per heavy atom. The Kier molecular flexibility index (Phi) is 3.68. The van der Waals surface area contributed by atoms with E-state index in [4.69, 9.17) is 0 Å². The summed E-state index contributed by atoms with van der Waals surface area (Å²) >= 11 is 0. The van der Waals surface area contributed by atoms with Crippen molar-refractivity contribution in [2.45, 2.75) is 12.8 Å². The number of pyridine rings is 1. The van der Waals surface area contributed by atoms with Crippen LogP contribution in [0.3, 0.4) is 0 Å². The van der Waals surface area contributed by atoms with Crippen LogP contribution in [0, 0.1) is 5.92 Å². The third kappa shape index (κ3) is 2.79. The minimum Gasteiger partial charge on any atom is -0.369 e. The zero-order chi connectivity index (χ0) is 14.8. The number of hydrogen-bond acceptors (Lipinski definition) is 5. The van der Waals surface area contributed by atoms with E-state index < -0.39 is 0 Å². The molecule has 6 nitrogen and oxygen atoms in total. The number of rotatable bonds is 2. The predicted octanol–water partition coefficient (Wildman–Crippen LogP) is 1.33. The van der Waals surface area contributed by atoms with Crippen molar-refractivity contribution < 1.29 is 4.79 Å². The van der Waals surface area contributed by atoms with E-state index in [2.05, 4.69) is 19.9 Å². The van der Waals surface area contributed by atoms with Crippen LogP contribution in [-0.2, 0) is 4.79 Å². The Labute approximate surface area is 123 Å². The van der Waals surface area contributed by atoms with Crippen LogP contribution in [0.5, 0.6) is 0 Å². The lowest BCUT2D eigenvalue weighted by molar-refractivity contribution is -0.133. The molecule has 1 aliphatic rings. The lowest BCUT2D eigenvalue weighted by atomic mass is 9.96. The lowest BCUT2D eigenvalue weighted by Crippen LogP contribution is -2.42. The maximum Gasteiger partial charge on any atom is 0.226 e. The number of fused-ring (bicyclic) bond motifs is 1. The second-order valence-corrected chi connectivity index (χ2v) is 5.61. The second kappa shape index (κ2) is 5.63. The SMILES string of the molecule is CN(C)C(=O)C1CCCN(c2cnc3nccnc3c2)C1. The molecule has 1 aliphatic heterocycles. The fourth-order valence-electron chi connectivity index (χ4n) is 2.80. The van der Waals surface area contributed by atoms with E-state index in [1.54, 1.807) is 17.3 Å². The van der Waals surface area contributed by atoms with E-state index in [9.17, 15) is 4.79 Å². The van der Waals surface area contributed by atoms with Crippen LogP contribution in [0.4, 0.5) is 5.69 Å². The van der Waals surface area contributed by atoms with E-state index in [1.807, 2.05) is 26.4 Å². The number of anilines is 1. The molecule has 1 amide bonds. The zero-order valence-electron chi connectivity index (χ0n) is 12.4. The summed E-state index contributed by atoms with van der Waals surface area (Å²) in [6.07, 6.45) is 7.10. The molecule has 6 heteroatoms. The summed E-state index contributed by atoms with van der Waals surface area (Å²) in [7, 11) is 3.63. The first-order valence-corrected chi connectivity index (χ1v) is 7.18. The van der Waals surface area contributed by atoms with Crippen LogP contribution in [-0.4, -0.2) is 52.9 Å². The molecule has 1 saturated heterocycles. The van der Waals surface area contributed by atoms with Gasteiger partial charge in [-0.25, -0.2) is 9.97 Å². The Hall–Kier alpha value is -2.24. The minimum atomic E-state index is 0.0614. The smallest absolute Gasteiger partial charge is 0.226 e. The highest BCUT2D eigenvalue weighted by molar-refractivity contribution is 5.79. The zero-order valence-corrected chi connectivity index (χ0v) is 12.4. The molecule has 110 valence electrons. The Bertz CT molecular complexity index is 657. The van der Waals surface area contributed by atoms with E-state index in [-0.39, 0.29) is 11.8 Å². The van der Waals surface area contributed by atoms with Crippen LogP contribution in [0.1, 0.15) is 12.8 Å². The minimum absolute atomic E-state index is 0.0614. The number of nitrogens with zero attached hydrogens (tertiary/aromatic N) is 5. The average molecular weight is 285 g/mol. The fourth-order valence-corrected chi connectivity index (χ4v) is 2.80. The molecule has 1 atom stereocenters. The molecule has 0 spiro atoms. The Balaban J connectivity index is 1.83. The number of aromatic nitrogens is 3. The van der Waals surface area contributed by atoms with Gasteiger partial charge >= 0.3 is 0 Å². The number of piperidine rings is 1. The van der Waals surface area contributed by atoms with Crippen molar-refractivity contribution in [2.75, 3.05) is 32.1 Å². The van der Waals surface area contributed by atoms with Crippen molar-refractivity contribution in [1.82, 2.24) is 19.9 Å². The molecule has 1 fully saturated rings. The van der Waals surface area contributed by atoms with Gasteiger partial charge in [-0.3, -0.25) is 9.78 Å². The molecule has 3 heterocycles. The van der Waals surface area contributed by atoms with Gasteiger partial charge in [-0.1, -0.05) is 0 Å². The van der Waals surface area contributed by atoms with Gasteiger partial charge < -0.3 is 9.80 Å².